The monoisotopic (exact) mass is 785 g/mol. The first-order chi connectivity index (χ1) is 25.4. The van der Waals surface area contributed by atoms with Gasteiger partial charge in [0.05, 0.1) is 25.6 Å². The van der Waals surface area contributed by atoms with E-state index in [0.29, 0.717) is 22.0 Å². The molecule has 0 bridgehead atoms. The molecule has 0 radical (unpaired) electrons. The Labute approximate surface area is 334 Å². The fourth-order valence-electron chi connectivity index (χ4n) is 7.86. The Morgan fingerprint density at radius 1 is 1.04 bits per heavy atom. The van der Waals surface area contributed by atoms with Crippen LogP contribution in [0.15, 0.2) is 35.7 Å². The zero-order chi connectivity index (χ0) is 40.3. The van der Waals surface area contributed by atoms with E-state index in [4.69, 9.17) is 4.74 Å². The molecule has 55 heavy (non-hydrogen) atoms. The molecule has 2 amide bonds. The number of aromatic nitrogens is 1. The Balaban J connectivity index is 0.0000105. The van der Waals surface area contributed by atoms with Gasteiger partial charge in [0, 0.05) is 56.6 Å². The summed E-state index contributed by atoms with van der Waals surface area (Å²) in [5.41, 5.74) is 1.11. The van der Waals surface area contributed by atoms with Crippen LogP contribution >= 0.6 is 11.3 Å². The summed E-state index contributed by atoms with van der Waals surface area (Å²) in [6.07, 6.45) is 4.03. The molecule has 0 spiro atoms. The number of hydrogen-bond donors (Lipinski definition) is 2. The zero-order valence-corrected chi connectivity index (χ0v) is 35.0. The molecule has 1 fully saturated rings. The number of likely N-dealkylation sites (tertiary alicyclic amines) is 1. The van der Waals surface area contributed by atoms with Crippen LogP contribution in [0, 0.1) is 23.7 Å². The molecule has 2 unspecified atom stereocenters. The maximum Gasteiger partial charge on any atom is 0.306 e. The Morgan fingerprint density at radius 2 is 1.69 bits per heavy atom. The number of carbonyl (C=O) groups excluding carboxylic acids is 4. The van der Waals surface area contributed by atoms with Crippen molar-refractivity contribution in [3.05, 3.63) is 52.0 Å². The van der Waals surface area contributed by atoms with Crippen molar-refractivity contribution in [3.8, 4) is 0 Å². The van der Waals surface area contributed by atoms with Crippen LogP contribution in [0.5, 0.6) is 0 Å². The Bertz CT molecular complexity index is 1560. The van der Waals surface area contributed by atoms with E-state index in [1.54, 1.807) is 24.3 Å². The topological polar surface area (TPSA) is 143 Å². The van der Waals surface area contributed by atoms with Gasteiger partial charge in [0.25, 0.3) is 5.91 Å². The number of carboxylic acid groups (broad SMARTS) is 1. The molecule has 1 aromatic heterocycles. The van der Waals surface area contributed by atoms with Crippen molar-refractivity contribution in [1.29, 1.82) is 0 Å². The van der Waals surface area contributed by atoms with Crippen LogP contribution in [0.4, 0.5) is 0 Å². The second-order valence-corrected chi connectivity index (χ2v) is 17.2. The van der Waals surface area contributed by atoms with E-state index in [1.807, 2.05) is 58.0 Å². The molecule has 3 rings (SSSR count). The van der Waals surface area contributed by atoms with Gasteiger partial charge in [-0.2, -0.15) is 0 Å². The van der Waals surface area contributed by atoms with Gasteiger partial charge in [-0.05, 0) is 56.9 Å². The molecule has 0 saturated carbocycles. The van der Waals surface area contributed by atoms with Crippen molar-refractivity contribution in [2.45, 2.75) is 144 Å². The van der Waals surface area contributed by atoms with E-state index in [0.717, 1.165) is 37.8 Å². The van der Waals surface area contributed by atoms with Crippen molar-refractivity contribution in [1.82, 2.24) is 15.2 Å². The zero-order valence-electron chi connectivity index (χ0n) is 34.2. The normalized spacial score (nSPS) is 20.3. The SMILES string of the molecule is C.CC[C@H](C)[C@H](CC(=O)[C@H]1CCCC[N+]1(C)C(C)C)C(=O)N(C)C(C[C@H](OC(C)=O)c1nc(C(=O)N[C@@H](Cc2ccccc2)C[C@H](C)C(=O)O)cs1)C(C)C. The maximum atomic E-state index is 14.4. The maximum absolute atomic E-state index is 14.4. The van der Waals surface area contributed by atoms with E-state index >= 15 is 0 Å². The fraction of sp³-hybridized carbons (Fsp3) is 0.674. The van der Waals surface area contributed by atoms with Crippen molar-refractivity contribution in [2.24, 2.45) is 23.7 Å². The van der Waals surface area contributed by atoms with Gasteiger partial charge in [0.15, 0.2) is 11.9 Å². The van der Waals surface area contributed by atoms with Crippen LogP contribution in [-0.2, 0) is 30.3 Å². The number of piperidine rings is 1. The van der Waals surface area contributed by atoms with Gasteiger partial charge in [-0.25, -0.2) is 4.98 Å². The molecule has 1 saturated heterocycles. The van der Waals surface area contributed by atoms with E-state index in [2.05, 4.69) is 31.2 Å². The number of nitrogens with zero attached hydrogens (tertiary/aromatic N) is 3. The number of carbonyl (C=O) groups is 5. The predicted molar refractivity (Wildman–Crippen MR) is 219 cm³/mol. The number of benzene rings is 1. The molecule has 308 valence electrons. The summed E-state index contributed by atoms with van der Waals surface area (Å²) in [6, 6.07) is 8.93. The Kier molecular flexibility index (Phi) is 18.7. The molecule has 1 aliphatic heterocycles. The minimum absolute atomic E-state index is 0. The number of likely N-dealkylation sites (N-methyl/N-ethyl adjacent to an activating group) is 1. The number of aliphatic carboxylic acids is 1. The lowest BCUT2D eigenvalue weighted by Crippen LogP contribution is -2.62. The highest BCUT2D eigenvalue weighted by molar-refractivity contribution is 7.09. The molecule has 1 aliphatic rings. The number of amides is 2. The number of ketones is 1. The summed E-state index contributed by atoms with van der Waals surface area (Å²) in [6.45, 7) is 16.4. The van der Waals surface area contributed by atoms with Gasteiger partial charge in [0.1, 0.15) is 16.7 Å². The molecule has 12 heteroatoms. The quantitative estimate of drug-likeness (QED) is 0.103. The van der Waals surface area contributed by atoms with E-state index in [1.165, 1.54) is 18.3 Å². The molecule has 1 aromatic carbocycles. The van der Waals surface area contributed by atoms with Gasteiger partial charge >= 0.3 is 11.9 Å². The molecule has 2 heterocycles. The van der Waals surface area contributed by atoms with E-state index in [9.17, 15) is 29.1 Å². The minimum atomic E-state index is -0.940. The largest absolute Gasteiger partial charge is 0.481 e. The number of nitrogens with one attached hydrogen (secondary N) is 1. The summed E-state index contributed by atoms with van der Waals surface area (Å²) < 4.78 is 6.52. The molecule has 11 nitrogen and oxygen atoms in total. The number of quaternary nitrogens is 1. The lowest BCUT2D eigenvalue weighted by Gasteiger charge is -2.47. The van der Waals surface area contributed by atoms with Crippen molar-refractivity contribution in [2.75, 3.05) is 20.6 Å². The minimum Gasteiger partial charge on any atom is -0.481 e. The number of rotatable bonds is 20. The van der Waals surface area contributed by atoms with Gasteiger partial charge in [-0.1, -0.05) is 78.8 Å². The third-order valence-electron chi connectivity index (χ3n) is 11.8. The molecular formula is C43H69N4O7S+. The van der Waals surface area contributed by atoms with E-state index < -0.39 is 41.8 Å². The highest BCUT2D eigenvalue weighted by atomic mass is 32.1. The summed E-state index contributed by atoms with van der Waals surface area (Å²) in [7, 11) is 3.96. The number of esters is 1. The number of thiazole rings is 1. The number of hydrogen-bond acceptors (Lipinski definition) is 8. The molecule has 8 atom stereocenters. The van der Waals surface area contributed by atoms with Gasteiger partial charge in [0.2, 0.25) is 5.91 Å². The van der Waals surface area contributed by atoms with Crippen LogP contribution in [0.25, 0.3) is 0 Å². The molecular weight excluding hydrogens is 717 g/mol. The predicted octanol–water partition coefficient (Wildman–Crippen LogP) is 7.74. The summed E-state index contributed by atoms with van der Waals surface area (Å²) in [5.74, 6) is -3.01. The Hall–Kier alpha value is -3.64. The average Bonchev–Trinajstić information content (AvgIpc) is 3.62. The van der Waals surface area contributed by atoms with Crippen LogP contribution in [0.2, 0.25) is 0 Å². The van der Waals surface area contributed by atoms with Crippen LogP contribution in [0.1, 0.15) is 135 Å². The number of ether oxygens (including phenoxy) is 1. The van der Waals surface area contributed by atoms with Gasteiger partial charge in [-0.3, -0.25) is 24.0 Å². The highest BCUT2D eigenvalue weighted by Crippen LogP contribution is 2.34. The first-order valence-electron chi connectivity index (χ1n) is 19.7. The second-order valence-electron chi connectivity index (χ2n) is 16.3. The van der Waals surface area contributed by atoms with E-state index in [-0.39, 0.29) is 68.0 Å². The number of carboxylic acids is 1. The third kappa shape index (κ3) is 13.0. The number of Topliss-reactive ketones (excluding diaryl/α,β-unsaturated/α-hetero) is 1. The lowest BCUT2D eigenvalue weighted by molar-refractivity contribution is -0.948. The molecule has 2 aromatic rings. The van der Waals surface area contributed by atoms with Crippen LogP contribution in [-0.4, -0.2) is 93.8 Å². The summed E-state index contributed by atoms with van der Waals surface area (Å²) >= 11 is 1.20. The third-order valence-corrected chi connectivity index (χ3v) is 12.8. The first kappa shape index (κ1) is 47.5. The second kappa shape index (κ2) is 21.6. The fourth-order valence-corrected chi connectivity index (χ4v) is 8.70. The molecule has 0 aliphatic carbocycles. The first-order valence-corrected chi connectivity index (χ1v) is 20.6. The van der Waals surface area contributed by atoms with Crippen LogP contribution in [0.3, 0.4) is 0 Å². The smallest absolute Gasteiger partial charge is 0.306 e. The summed E-state index contributed by atoms with van der Waals surface area (Å²) in [5, 5.41) is 14.6. The average molecular weight is 786 g/mol. The standard InChI is InChI=1S/C42H64N4O7S.CH4/c1-11-28(6)33(23-37(48)36-19-15-16-20-46(36,10)27(4)5)41(50)45(9)35(26(2)3)24-38(53-30(8)47)40-44-34(25-54-40)39(49)43-32(21-29(7)42(51)52)22-31-17-13-12-14-18-31;/h12-14,17-18,25-29,32-33,35-36,38H,11,15-16,19-24H2,1-10H3,(H-,43,49,51,52);1H4/p+1/t28-,29-,32+,33-,35?,36+,38-,46?;/m0./s1. The van der Waals surface area contributed by atoms with Crippen molar-refractivity contribution >= 4 is 40.9 Å². The van der Waals surface area contributed by atoms with Crippen molar-refractivity contribution < 1.29 is 38.3 Å². The van der Waals surface area contributed by atoms with Crippen LogP contribution < -0.4 is 5.32 Å². The lowest BCUT2D eigenvalue weighted by atomic mass is 9.82. The Morgan fingerprint density at radius 3 is 2.25 bits per heavy atom. The van der Waals surface area contributed by atoms with Gasteiger partial charge in [-0.15, -0.1) is 11.3 Å². The highest BCUT2D eigenvalue weighted by Gasteiger charge is 2.44. The molecule has 2 N–H and O–H groups in total. The van der Waals surface area contributed by atoms with Crippen molar-refractivity contribution in [3.63, 3.8) is 0 Å². The van der Waals surface area contributed by atoms with Gasteiger partial charge < -0.3 is 24.5 Å². The summed E-state index contributed by atoms with van der Waals surface area (Å²) in [4.78, 5) is 72.5.